The highest BCUT2D eigenvalue weighted by Gasteiger charge is 2.54. The Morgan fingerprint density at radius 3 is 2.68 bits per heavy atom. The molecule has 0 saturated heterocycles. The maximum atomic E-state index is 14.5. The van der Waals surface area contributed by atoms with Crippen molar-refractivity contribution >= 4 is 11.7 Å². The summed E-state index contributed by atoms with van der Waals surface area (Å²) in [5, 5.41) is 12.9. The molecule has 2 fully saturated rings. The number of carboxylic acids is 1. The Bertz CT molecular complexity index is 865. The fraction of sp³-hybridized carbons (Fsp3) is 0.381. The van der Waals surface area contributed by atoms with Crippen LogP contribution in [0.15, 0.2) is 42.5 Å². The van der Waals surface area contributed by atoms with Crippen molar-refractivity contribution in [1.82, 2.24) is 0 Å². The third-order valence-corrected chi connectivity index (χ3v) is 6.57. The smallest absolute Gasteiger partial charge is 0.335 e. The molecule has 5 atom stereocenters. The number of nitrogens with one attached hydrogen (secondary N) is 1. The van der Waals surface area contributed by atoms with Gasteiger partial charge in [0.15, 0.2) is 0 Å². The summed E-state index contributed by atoms with van der Waals surface area (Å²) in [5.74, 6) is 0.805. The Morgan fingerprint density at radius 1 is 1.08 bits per heavy atom. The van der Waals surface area contributed by atoms with Gasteiger partial charge in [0.25, 0.3) is 0 Å². The van der Waals surface area contributed by atoms with Crippen LogP contribution in [0.25, 0.3) is 0 Å². The molecule has 128 valence electrons. The number of hydrogen-bond donors (Lipinski definition) is 2. The van der Waals surface area contributed by atoms with Crippen molar-refractivity contribution in [3.63, 3.8) is 0 Å². The zero-order valence-electron chi connectivity index (χ0n) is 13.8. The summed E-state index contributed by atoms with van der Waals surface area (Å²) in [7, 11) is 0. The molecule has 2 N–H and O–H groups in total. The molecule has 0 spiro atoms. The Balaban J connectivity index is 1.65. The highest BCUT2D eigenvalue weighted by atomic mass is 19.1. The SMILES string of the molecule is O=C(O)c1ccc2c(c1)[C@H]1[C@H]3CC[C@@H](C3)[C@H]1[C@@H](c1ccccc1F)N2. The van der Waals surface area contributed by atoms with Crippen molar-refractivity contribution in [3.05, 3.63) is 65.0 Å². The van der Waals surface area contributed by atoms with E-state index in [0.717, 1.165) is 16.8 Å². The Labute approximate surface area is 145 Å². The number of carboxylic acid groups (broad SMARTS) is 1. The number of aromatic carboxylic acids is 1. The van der Waals surface area contributed by atoms with Crippen LogP contribution in [0.1, 0.15) is 52.7 Å². The van der Waals surface area contributed by atoms with Crippen LogP contribution in [0.5, 0.6) is 0 Å². The van der Waals surface area contributed by atoms with Crippen molar-refractivity contribution in [3.8, 4) is 0 Å². The van der Waals surface area contributed by atoms with Gasteiger partial charge in [-0.1, -0.05) is 18.2 Å². The van der Waals surface area contributed by atoms with Crippen LogP contribution in [-0.2, 0) is 0 Å². The number of fused-ring (bicyclic) bond motifs is 7. The molecule has 0 radical (unpaired) electrons. The van der Waals surface area contributed by atoms with E-state index in [4.69, 9.17) is 0 Å². The zero-order chi connectivity index (χ0) is 17.1. The highest BCUT2D eigenvalue weighted by molar-refractivity contribution is 5.88. The van der Waals surface area contributed by atoms with Gasteiger partial charge in [-0.05, 0) is 72.8 Å². The van der Waals surface area contributed by atoms with Gasteiger partial charge in [0.1, 0.15) is 5.82 Å². The van der Waals surface area contributed by atoms with Gasteiger partial charge in [-0.15, -0.1) is 0 Å². The lowest BCUT2D eigenvalue weighted by Gasteiger charge is -2.43. The van der Waals surface area contributed by atoms with Crippen LogP contribution in [0.2, 0.25) is 0 Å². The fourth-order valence-corrected chi connectivity index (χ4v) is 5.66. The minimum atomic E-state index is -0.890. The first-order valence-electron chi connectivity index (χ1n) is 9.01. The Hall–Kier alpha value is -2.36. The first-order valence-corrected chi connectivity index (χ1v) is 9.01. The van der Waals surface area contributed by atoms with Crippen molar-refractivity contribution in [1.29, 1.82) is 0 Å². The van der Waals surface area contributed by atoms with E-state index in [9.17, 15) is 14.3 Å². The van der Waals surface area contributed by atoms with Crippen LogP contribution in [0, 0.1) is 23.6 Å². The molecule has 0 aromatic heterocycles. The van der Waals surface area contributed by atoms with E-state index in [0.29, 0.717) is 29.2 Å². The molecule has 25 heavy (non-hydrogen) atoms. The van der Waals surface area contributed by atoms with Crippen molar-refractivity contribution in [2.24, 2.45) is 17.8 Å². The van der Waals surface area contributed by atoms with Gasteiger partial charge in [-0.2, -0.15) is 0 Å². The Kier molecular flexibility index (Phi) is 3.18. The van der Waals surface area contributed by atoms with E-state index < -0.39 is 5.97 Å². The summed E-state index contributed by atoms with van der Waals surface area (Å²) >= 11 is 0. The monoisotopic (exact) mass is 337 g/mol. The minimum Gasteiger partial charge on any atom is -0.478 e. The van der Waals surface area contributed by atoms with Gasteiger partial charge >= 0.3 is 5.97 Å². The molecule has 3 nitrogen and oxygen atoms in total. The van der Waals surface area contributed by atoms with Crippen molar-refractivity contribution in [2.45, 2.75) is 31.2 Å². The lowest BCUT2D eigenvalue weighted by molar-refractivity contribution is 0.0696. The molecule has 2 bridgehead atoms. The van der Waals surface area contributed by atoms with E-state index in [1.165, 1.54) is 25.3 Å². The van der Waals surface area contributed by atoms with Crippen LogP contribution in [0.3, 0.4) is 0 Å². The average Bonchev–Trinajstić information content (AvgIpc) is 3.23. The van der Waals surface area contributed by atoms with E-state index in [1.807, 2.05) is 24.3 Å². The molecule has 1 heterocycles. The largest absolute Gasteiger partial charge is 0.478 e. The van der Waals surface area contributed by atoms with Crippen LogP contribution in [0.4, 0.5) is 10.1 Å². The second-order valence-electron chi connectivity index (χ2n) is 7.69. The maximum absolute atomic E-state index is 14.5. The molecule has 0 unspecified atom stereocenters. The minimum absolute atomic E-state index is 0.0373. The van der Waals surface area contributed by atoms with Gasteiger partial charge in [-0.3, -0.25) is 0 Å². The number of hydrogen-bond acceptors (Lipinski definition) is 2. The van der Waals surface area contributed by atoms with E-state index in [2.05, 4.69) is 5.32 Å². The molecule has 5 rings (SSSR count). The fourth-order valence-electron chi connectivity index (χ4n) is 5.66. The number of carbonyl (C=O) groups is 1. The predicted octanol–water partition coefficient (Wildman–Crippen LogP) is 4.82. The molecule has 0 amide bonds. The van der Waals surface area contributed by atoms with E-state index >= 15 is 0 Å². The van der Waals surface area contributed by atoms with Gasteiger partial charge in [0.2, 0.25) is 0 Å². The number of rotatable bonds is 2. The normalized spacial score (nSPS) is 32.0. The predicted molar refractivity (Wildman–Crippen MR) is 93.2 cm³/mol. The molecular formula is C21H20FNO2. The quantitative estimate of drug-likeness (QED) is 0.826. The van der Waals surface area contributed by atoms with Crippen molar-refractivity contribution < 1.29 is 14.3 Å². The lowest BCUT2D eigenvalue weighted by Crippen LogP contribution is -2.36. The second kappa shape index (κ2) is 5.32. The molecule has 3 aliphatic rings. The lowest BCUT2D eigenvalue weighted by atomic mass is 9.68. The van der Waals surface area contributed by atoms with Gasteiger partial charge in [0, 0.05) is 11.3 Å². The molecular weight excluding hydrogens is 317 g/mol. The molecule has 1 aliphatic heterocycles. The summed E-state index contributed by atoms with van der Waals surface area (Å²) in [6.45, 7) is 0. The van der Waals surface area contributed by atoms with Gasteiger partial charge in [-0.25, -0.2) is 9.18 Å². The van der Waals surface area contributed by atoms with E-state index in [-0.39, 0.29) is 11.9 Å². The molecule has 2 aromatic carbocycles. The third kappa shape index (κ3) is 2.13. The summed E-state index contributed by atoms with van der Waals surface area (Å²) in [4.78, 5) is 11.4. The van der Waals surface area contributed by atoms with Gasteiger partial charge < -0.3 is 10.4 Å². The summed E-state index contributed by atoms with van der Waals surface area (Å²) in [5.41, 5.74) is 3.15. The number of halogens is 1. The van der Waals surface area contributed by atoms with Crippen LogP contribution < -0.4 is 5.32 Å². The standard InChI is InChI=1S/C21H20FNO2/c22-16-4-2-1-3-14(16)20-19-12-6-5-11(9-12)18(19)15-10-13(21(24)25)7-8-17(15)23-20/h1-4,7-8,10-12,18-20,23H,5-6,9H2,(H,24,25)/t11-,12-,18+,19+,20+/m0/s1. The Morgan fingerprint density at radius 2 is 1.88 bits per heavy atom. The maximum Gasteiger partial charge on any atom is 0.335 e. The summed E-state index contributed by atoms with van der Waals surface area (Å²) in [6, 6.07) is 12.3. The summed E-state index contributed by atoms with van der Waals surface area (Å²) < 4.78 is 14.5. The van der Waals surface area contributed by atoms with Crippen molar-refractivity contribution in [2.75, 3.05) is 5.32 Å². The van der Waals surface area contributed by atoms with Gasteiger partial charge in [0.05, 0.1) is 11.6 Å². The average molecular weight is 337 g/mol. The topological polar surface area (TPSA) is 49.3 Å². The summed E-state index contributed by atoms with van der Waals surface area (Å²) in [6.07, 6.45) is 3.58. The number of benzene rings is 2. The zero-order valence-corrected chi connectivity index (χ0v) is 13.8. The molecule has 2 aromatic rings. The first kappa shape index (κ1) is 14.9. The van der Waals surface area contributed by atoms with E-state index in [1.54, 1.807) is 12.1 Å². The highest BCUT2D eigenvalue weighted by Crippen LogP contribution is 2.63. The van der Waals surface area contributed by atoms with Crippen LogP contribution >= 0.6 is 0 Å². The number of anilines is 1. The molecule has 2 saturated carbocycles. The first-order chi connectivity index (χ1) is 12.1. The second-order valence-corrected chi connectivity index (χ2v) is 7.69. The van der Waals surface area contributed by atoms with Crippen LogP contribution in [-0.4, -0.2) is 11.1 Å². The third-order valence-electron chi connectivity index (χ3n) is 6.57. The molecule has 4 heteroatoms. The molecule has 2 aliphatic carbocycles.